The van der Waals surface area contributed by atoms with E-state index in [1.807, 2.05) is 0 Å². The van der Waals surface area contributed by atoms with Crippen LogP contribution in [0.1, 0.15) is 20.8 Å². The quantitative estimate of drug-likeness (QED) is 0.523. The van der Waals surface area contributed by atoms with Crippen LogP contribution < -0.4 is 11.5 Å². The van der Waals surface area contributed by atoms with Crippen molar-refractivity contribution < 1.29 is 19.7 Å². The van der Waals surface area contributed by atoms with Gasteiger partial charge in [-0.25, -0.2) is 4.79 Å². The number of nitrogens with two attached hydrogens (primary N) is 2. The van der Waals surface area contributed by atoms with Crippen LogP contribution in [0.2, 0.25) is 0 Å². The SMILES string of the molecule is CC(C)(C)OC(=O)N1CC(CN)C(O)C(O)C(CN)C1. The highest BCUT2D eigenvalue weighted by Gasteiger charge is 2.39. The van der Waals surface area contributed by atoms with Crippen molar-refractivity contribution in [2.75, 3.05) is 26.2 Å². The molecule has 0 radical (unpaired) electrons. The van der Waals surface area contributed by atoms with Gasteiger partial charge < -0.3 is 31.3 Å². The first-order valence-electron chi connectivity index (χ1n) is 6.93. The Kier molecular flexibility index (Phi) is 5.76. The highest BCUT2D eigenvalue weighted by molar-refractivity contribution is 5.68. The van der Waals surface area contributed by atoms with Gasteiger partial charge in [0.2, 0.25) is 0 Å². The number of rotatable bonds is 2. The molecular weight excluding hydrogens is 262 g/mol. The van der Waals surface area contributed by atoms with Gasteiger partial charge in [0, 0.05) is 24.9 Å². The molecule has 20 heavy (non-hydrogen) atoms. The van der Waals surface area contributed by atoms with Crippen molar-refractivity contribution in [2.24, 2.45) is 23.3 Å². The number of ether oxygens (including phenoxy) is 1. The second-order valence-corrected chi connectivity index (χ2v) is 6.36. The summed E-state index contributed by atoms with van der Waals surface area (Å²) in [6, 6.07) is 0. The van der Waals surface area contributed by atoms with Crippen LogP contribution in [0.25, 0.3) is 0 Å². The minimum Gasteiger partial charge on any atom is -0.444 e. The summed E-state index contributed by atoms with van der Waals surface area (Å²) in [4.78, 5) is 13.6. The molecule has 118 valence electrons. The van der Waals surface area contributed by atoms with Crippen molar-refractivity contribution in [1.82, 2.24) is 4.90 Å². The molecule has 1 aliphatic rings. The van der Waals surface area contributed by atoms with Crippen LogP contribution >= 0.6 is 0 Å². The maximum absolute atomic E-state index is 12.2. The zero-order valence-electron chi connectivity index (χ0n) is 12.5. The molecule has 1 heterocycles. The zero-order chi connectivity index (χ0) is 15.5. The number of hydrogen-bond acceptors (Lipinski definition) is 6. The first-order valence-corrected chi connectivity index (χ1v) is 6.93. The molecule has 7 nitrogen and oxygen atoms in total. The summed E-state index contributed by atoms with van der Waals surface area (Å²) in [5.74, 6) is -0.789. The molecule has 1 fully saturated rings. The predicted molar refractivity (Wildman–Crippen MR) is 74.9 cm³/mol. The van der Waals surface area contributed by atoms with Gasteiger partial charge in [0.05, 0.1) is 12.2 Å². The third-order valence-electron chi connectivity index (χ3n) is 3.48. The molecule has 1 amide bonds. The number of likely N-dealkylation sites (tertiary alicyclic amines) is 1. The lowest BCUT2D eigenvalue weighted by Crippen LogP contribution is -2.43. The van der Waals surface area contributed by atoms with Crippen LogP contribution in [-0.2, 0) is 4.74 Å². The Morgan fingerprint density at radius 1 is 1.15 bits per heavy atom. The Labute approximate surface area is 119 Å². The van der Waals surface area contributed by atoms with Crippen LogP contribution in [-0.4, -0.2) is 65.2 Å². The summed E-state index contributed by atoms with van der Waals surface area (Å²) in [5.41, 5.74) is 10.6. The van der Waals surface area contributed by atoms with E-state index in [9.17, 15) is 15.0 Å². The van der Waals surface area contributed by atoms with Gasteiger partial charge in [-0.3, -0.25) is 0 Å². The van der Waals surface area contributed by atoms with Crippen molar-refractivity contribution in [3.8, 4) is 0 Å². The topological polar surface area (TPSA) is 122 Å². The van der Waals surface area contributed by atoms with Crippen LogP contribution in [0.3, 0.4) is 0 Å². The molecule has 0 aromatic heterocycles. The van der Waals surface area contributed by atoms with Crippen LogP contribution in [0.15, 0.2) is 0 Å². The highest BCUT2D eigenvalue weighted by Crippen LogP contribution is 2.23. The maximum Gasteiger partial charge on any atom is 0.410 e. The molecule has 6 N–H and O–H groups in total. The third-order valence-corrected chi connectivity index (χ3v) is 3.48. The second-order valence-electron chi connectivity index (χ2n) is 6.36. The molecular formula is C13H27N3O4. The van der Waals surface area contributed by atoms with Gasteiger partial charge in [0.25, 0.3) is 0 Å². The summed E-state index contributed by atoms with van der Waals surface area (Å²) in [6.07, 6.45) is -2.45. The zero-order valence-corrected chi connectivity index (χ0v) is 12.5. The fourth-order valence-electron chi connectivity index (χ4n) is 2.32. The first-order chi connectivity index (χ1) is 9.19. The fourth-order valence-corrected chi connectivity index (χ4v) is 2.32. The Morgan fingerprint density at radius 3 is 1.85 bits per heavy atom. The monoisotopic (exact) mass is 289 g/mol. The molecule has 0 aromatic rings. The van der Waals surface area contributed by atoms with E-state index < -0.39 is 35.7 Å². The standard InChI is InChI=1S/C13H27N3O4/c1-13(2,3)20-12(19)16-6-8(4-14)10(17)11(18)9(5-15)7-16/h8-11,17-18H,4-7,14-15H2,1-3H3. The average molecular weight is 289 g/mol. The van der Waals surface area contributed by atoms with Gasteiger partial charge in [-0.1, -0.05) is 0 Å². The molecule has 7 heteroatoms. The third kappa shape index (κ3) is 4.31. The van der Waals surface area contributed by atoms with E-state index in [1.165, 1.54) is 4.90 Å². The summed E-state index contributed by atoms with van der Waals surface area (Å²) >= 11 is 0. The second kappa shape index (κ2) is 6.71. The number of aliphatic hydroxyl groups excluding tert-OH is 2. The van der Waals surface area contributed by atoms with Gasteiger partial charge in [-0.2, -0.15) is 0 Å². The molecule has 1 saturated heterocycles. The summed E-state index contributed by atoms with van der Waals surface area (Å²) in [7, 11) is 0. The summed E-state index contributed by atoms with van der Waals surface area (Å²) in [5, 5.41) is 20.2. The van der Waals surface area contributed by atoms with Crippen molar-refractivity contribution in [3.05, 3.63) is 0 Å². The van der Waals surface area contributed by atoms with E-state index in [0.717, 1.165) is 0 Å². The lowest BCUT2D eigenvalue weighted by atomic mass is 9.92. The van der Waals surface area contributed by atoms with Crippen molar-refractivity contribution in [3.63, 3.8) is 0 Å². The van der Waals surface area contributed by atoms with E-state index in [-0.39, 0.29) is 26.2 Å². The van der Waals surface area contributed by atoms with Crippen molar-refractivity contribution in [2.45, 2.75) is 38.6 Å². The molecule has 1 rings (SSSR count). The van der Waals surface area contributed by atoms with E-state index >= 15 is 0 Å². The van der Waals surface area contributed by atoms with Crippen LogP contribution in [0.5, 0.6) is 0 Å². The number of carbonyl (C=O) groups is 1. The maximum atomic E-state index is 12.2. The van der Waals surface area contributed by atoms with Crippen molar-refractivity contribution >= 4 is 6.09 Å². The van der Waals surface area contributed by atoms with Crippen molar-refractivity contribution in [1.29, 1.82) is 0 Å². The van der Waals surface area contributed by atoms with E-state index in [2.05, 4.69) is 0 Å². The van der Waals surface area contributed by atoms with Gasteiger partial charge in [0.15, 0.2) is 0 Å². The lowest BCUT2D eigenvalue weighted by Gasteiger charge is -2.29. The normalized spacial score (nSPS) is 31.9. The fraction of sp³-hybridized carbons (Fsp3) is 0.923. The number of aliphatic hydroxyl groups is 2. The van der Waals surface area contributed by atoms with Gasteiger partial charge in [-0.05, 0) is 33.9 Å². The Balaban J connectivity index is 2.87. The minimum atomic E-state index is -0.985. The lowest BCUT2D eigenvalue weighted by molar-refractivity contribution is -0.0314. The minimum absolute atomic E-state index is 0.175. The van der Waals surface area contributed by atoms with E-state index in [4.69, 9.17) is 16.2 Å². The van der Waals surface area contributed by atoms with Gasteiger partial charge >= 0.3 is 6.09 Å². The van der Waals surface area contributed by atoms with E-state index in [0.29, 0.717) is 0 Å². The Bertz CT molecular complexity index is 314. The van der Waals surface area contributed by atoms with E-state index in [1.54, 1.807) is 20.8 Å². The highest BCUT2D eigenvalue weighted by atomic mass is 16.6. The number of hydrogen-bond donors (Lipinski definition) is 4. The molecule has 0 aromatic carbocycles. The van der Waals surface area contributed by atoms with Gasteiger partial charge in [-0.15, -0.1) is 0 Å². The largest absolute Gasteiger partial charge is 0.444 e. The van der Waals surface area contributed by atoms with Gasteiger partial charge in [0.1, 0.15) is 5.60 Å². The number of carbonyl (C=O) groups excluding carboxylic acids is 1. The predicted octanol–water partition coefficient (Wildman–Crippen LogP) is -0.891. The summed E-state index contributed by atoms with van der Waals surface area (Å²) < 4.78 is 5.33. The molecule has 4 atom stereocenters. The number of nitrogens with zero attached hydrogens (tertiary/aromatic N) is 1. The smallest absolute Gasteiger partial charge is 0.410 e. The Morgan fingerprint density at radius 2 is 1.55 bits per heavy atom. The molecule has 0 bridgehead atoms. The number of amides is 1. The van der Waals surface area contributed by atoms with Crippen LogP contribution in [0.4, 0.5) is 4.79 Å². The van der Waals surface area contributed by atoms with Crippen LogP contribution in [0, 0.1) is 11.8 Å². The molecule has 0 spiro atoms. The molecule has 0 saturated carbocycles. The Hall–Kier alpha value is -0.890. The average Bonchev–Trinajstić information content (AvgIpc) is 2.46. The summed E-state index contributed by atoms with van der Waals surface area (Å²) in [6.45, 7) is 6.21. The first kappa shape index (κ1) is 17.2. The molecule has 4 unspecified atom stereocenters. The molecule has 1 aliphatic heterocycles. The molecule has 0 aliphatic carbocycles.